The molecule has 0 radical (unpaired) electrons. The number of hydrogen-bond donors (Lipinski definition) is 1. The monoisotopic (exact) mass is 247 g/mol. The van der Waals surface area contributed by atoms with Crippen molar-refractivity contribution in [3.05, 3.63) is 29.7 Å². The summed E-state index contributed by atoms with van der Waals surface area (Å²) in [7, 11) is 0. The van der Waals surface area contributed by atoms with Gasteiger partial charge in [-0.15, -0.1) is 0 Å². The van der Waals surface area contributed by atoms with Gasteiger partial charge >= 0.3 is 11.4 Å². The minimum Gasteiger partial charge on any atom is -0.477 e. The van der Waals surface area contributed by atoms with E-state index in [0.29, 0.717) is 4.52 Å². The number of aromatic nitrogens is 3. The van der Waals surface area contributed by atoms with Crippen LogP contribution in [0.1, 0.15) is 16.1 Å². The molecule has 0 aromatic carbocycles. The van der Waals surface area contributed by atoms with Crippen LogP contribution in [0.15, 0.2) is 18.5 Å². The maximum Gasteiger partial charge on any atom is 0.364 e. The molecule has 0 saturated heterocycles. The summed E-state index contributed by atoms with van der Waals surface area (Å²) >= 11 is 4.86. The van der Waals surface area contributed by atoms with Crippen molar-refractivity contribution in [2.24, 2.45) is 0 Å². The van der Waals surface area contributed by atoms with Crippen molar-refractivity contribution < 1.29 is 18.7 Å². The second kappa shape index (κ2) is 3.38. The lowest BCUT2D eigenvalue weighted by molar-refractivity contribution is 0.0697. The van der Waals surface area contributed by atoms with E-state index >= 15 is 0 Å². The molecule has 0 saturated carbocycles. The summed E-state index contributed by atoms with van der Waals surface area (Å²) in [5.74, 6) is -1.29. The molecule has 0 atom stereocenters. The Labute approximate surface area is 92.3 Å². The number of carboxylic acid groups (broad SMARTS) is 1. The minimum absolute atomic E-state index is 0.176. The molecule has 8 heteroatoms. The van der Waals surface area contributed by atoms with Crippen molar-refractivity contribution in [1.29, 1.82) is 0 Å². The Balaban J connectivity index is 2.77. The lowest BCUT2D eigenvalue weighted by Gasteiger charge is -2.08. The molecule has 2 rings (SSSR count). The predicted molar refractivity (Wildman–Crippen MR) is 49.7 cm³/mol. The molecule has 0 aliphatic carbocycles. The fourth-order valence-corrected chi connectivity index (χ4v) is 1.40. The third-order valence-corrected chi connectivity index (χ3v) is 2.12. The third kappa shape index (κ3) is 1.58. The van der Waals surface area contributed by atoms with Crippen molar-refractivity contribution in [2.45, 2.75) is 5.38 Å². The Morgan fingerprint density at radius 2 is 2.25 bits per heavy atom. The first-order chi connectivity index (χ1) is 7.41. The molecule has 0 bridgehead atoms. The summed E-state index contributed by atoms with van der Waals surface area (Å²) in [5, 5.41) is 8.63. The third-order valence-electron chi connectivity index (χ3n) is 1.92. The largest absolute Gasteiger partial charge is 0.477 e. The van der Waals surface area contributed by atoms with E-state index in [9.17, 15) is 13.6 Å². The zero-order valence-corrected chi connectivity index (χ0v) is 8.32. The van der Waals surface area contributed by atoms with Gasteiger partial charge < -0.3 is 5.11 Å². The Morgan fingerprint density at radius 3 is 2.81 bits per heavy atom. The van der Waals surface area contributed by atoms with Crippen molar-refractivity contribution in [3.8, 4) is 0 Å². The van der Waals surface area contributed by atoms with Crippen LogP contribution in [0.2, 0.25) is 0 Å². The SMILES string of the molecule is O=C(O)c1cnn2c(C(F)(F)Cl)ccnc12. The van der Waals surface area contributed by atoms with Gasteiger partial charge in [0.1, 0.15) is 11.3 Å². The second-order valence-electron chi connectivity index (χ2n) is 2.93. The van der Waals surface area contributed by atoms with Crippen LogP contribution in [0.25, 0.3) is 5.65 Å². The number of hydrogen-bond acceptors (Lipinski definition) is 3. The number of carboxylic acids is 1. The molecule has 0 spiro atoms. The van der Waals surface area contributed by atoms with Gasteiger partial charge in [0.05, 0.1) is 6.20 Å². The normalized spacial score (nSPS) is 11.9. The molecule has 0 aliphatic heterocycles. The molecule has 0 fully saturated rings. The predicted octanol–water partition coefficient (Wildman–Crippen LogP) is 1.72. The number of halogens is 3. The lowest BCUT2D eigenvalue weighted by atomic mass is 10.3. The minimum atomic E-state index is -3.64. The summed E-state index contributed by atoms with van der Waals surface area (Å²) in [6.07, 6.45) is 1.99. The van der Waals surface area contributed by atoms with Gasteiger partial charge in [0.2, 0.25) is 0 Å². The molecule has 84 valence electrons. The molecule has 2 heterocycles. The Bertz CT molecular complexity index is 564. The lowest BCUT2D eigenvalue weighted by Crippen LogP contribution is -2.12. The van der Waals surface area contributed by atoms with E-state index in [2.05, 4.69) is 10.1 Å². The van der Waals surface area contributed by atoms with Crippen LogP contribution in [0.5, 0.6) is 0 Å². The highest BCUT2D eigenvalue weighted by Gasteiger charge is 2.32. The number of rotatable bonds is 2. The summed E-state index contributed by atoms with van der Waals surface area (Å²) in [6.45, 7) is 0. The molecular formula is C8H4ClF2N3O2. The molecule has 0 aliphatic rings. The number of alkyl halides is 3. The highest BCUT2D eigenvalue weighted by Crippen LogP contribution is 2.32. The van der Waals surface area contributed by atoms with Crippen LogP contribution < -0.4 is 0 Å². The maximum atomic E-state index is 12.9. The summed E-state index contributed by atoms with van der Waals surface area (Å²) in [5.41, 5.74) is -1.07. The van der Waals surface area contributed by atoms with Gasteiger partial charge in [0.25, 0.3) is 0 Å². The van der Waals surface area contributed by atoms with Gasteiger partial charge in [-0.25, -0.2) is 14.3 Å². The average Bonchev–Trinajstić information content (AvgIpc) is 2.58. The number of carbonyl (C=O) groups is 1. The van der Waals surface area contributed by atoms with Crippen LogP contribution in [-0.2, 0) is 5.38 Å². The highest BCUT2D eigenvalue weighted by atomic mass is 35.5. The quantitative estimate of drug-likeness (QED) is 0.821. The molecular weight excluding hydrogens is 244 g/mol. The first-order valence-electron chi connectivity index (χ1n) is 4.04. The van der Waals surface area contributed by atoms with Gasteiger partial charge in [0.15, 0.2) is 5.65 Å². The zero-order chi connectivity index (χ0) is 11.9. The van der Waals surface area contributed by atoms with E-state index < -0.39 is 17.0 Å². The van der Waals surface area contributed by atoms with Gasteiger partial charge in [-0.1, -0.05) is 0 Å². The first-order valence-corrected chi connectivity index (χ1v) is 4.42. The maximum absolute atomic E-state index is 12.9. The summed E-state index contributed by atoms with van der Waals surface area (Å²) in [6, 6.07) is 0.971. The van der Waals surface area contributed by atoms with E-state index in [1.165, 1.54) is 0 Å². The molecule has 2 aromatic rings. The summed E-state index contributed by atoms with van der Waals surface area (Å²) < 4.78 is 26.6. The van der Waals surface area contributed by atoms with Crippen molar-refractivity contribution in [1.82, 2.24) is 14.6 Å². The number of fused-ring (bicyclic) bond motifs is 1. The second-order valence-corrected chi connectivity index (χ2v) is 3.40. The van der Waals surface area contributed by atoms with Crippen LogP contribution in [-0.4, -0.2) is 25.7 Å². The van der Waals surface area contributed by atoms with E-state index in [0.717, 1.165) is 18.5 Å². The van der Waals surface area contributed by atoms with E-state index in [1.807, 2.05) is 0 Å². The molecule has 0 amide bonds. The van der Waals surface area contributed by atoms with Gasteiger partial charge in [0, 0.05) is 6.20 Å². The number of aromatic carboxylic acids is 1. The van der Waals surface area contributed by atoms with Crippen molar-refractivity contribution in [3.63, 3.8) is 0 Å². The molecule has 2 aromatic heterocycles. The van der Waals surface area contributed by atoms with Gasteiger partial charge in [-0.3, -0.25) is 0 Å². The molecule has 1 N–H and O–H groups in total. The Morgan fingerprint density at radius 1 is 1.56 bits per heavy atom. The van der Waals surface area contributed by atoms with Gasteiger partial charge in [-0.2, -0.15) is 13.9 Å². The molecule has 16 heavy (non-hydrogen) atoms. The Kier molecular flexibility index (Phi) is 2.27. The van der Waals surface area contributed by atoms with Crippen LogP contribution >= 0.6 is 11.6 Å². The number of nitrogens with zero attached hydrogens (tertiary/aromatic N) is 3. The van der Waals surface area contributed by atoms with Crippen LogP contribution in [0, 0.1) is 0 Å². The van der Waals surface area contributed by atoms with E-state index in [4.69, 9.17) is 16.7 Å². The summed E-state index contributed by atoms with van der Waals surface area (Å²) in [4.78, 5) is 14.4. The fraction of sp³-hybridized carbons (Fsp3) is 0.125. The van der Waals surface area contributed by atoms with Crippen molar-refractivity contribution in [2.75, 3.05) is 0 Å². The molecule has 5 nitrogen and oxygen atoms in total. The van der Waals surface area contributed by atoms with Crippen LogP contribution in [0.3, 0.4) is 0 Å². The van der Waals surface area contributed by atoms with E-state index in [-0.39, 0.29) is 11.2 Å². The fourth-order valence-electron chi connectivity index (χ4n) is 1.26. The standard InChI is InChI=1S/C8H4ClF2N3O2/c9-8(10,11)5-1-2-12-6-4(7(15)16)3-13-14(5)6/h1-3H,(H,15,16). The highest BCUT2D eigenvalue weighted by molar-refractivity contribution is 6.21. The Hall–Kier alpha value is -1.76. The van der Waals surface area contributed by atoms with E-state index in [1.54, 1.807) is 0 Å². The molecule has 0 unspecified atom stereocenters. The van der Waals surface area contributed by atoms with Crippen LogP contribution in [0.4, 0.5) is 8.78 Å². The first kappa shape index (κ1) is 10.7. The topological polar surface area (TPSA) is 67.5 Å². The smallest absolute Gasteiger partial charge is 0.364 e. The van der Waals surface area contributed by atoms with Crippen molar-refractivity contribution >= 4 is 23.2 Å². The average molecular weight is 248 g/mol. The zero-order valence-electron chi connectivity index (χ0n) is 7.56. The van der Waals surface area contributed by atoms with Gasteiger partial charge in [-0.05, 0) is 17.7 Å².